The molecule has 0 bridgehead atoms. The number of hydrogen-bond acceptors (Lipinski definition) is 0. The van der Waals surface area contributed by atoms with E-state index in [1.807, 2.05) is 0 Å². The molecule has 2 rings (SSSR count). The molecule has 1 fully saturated rings. The molecule has 0 amide bonds. The molecule has 0 aliphatic heterocycles. The Hall–Kier alpha value is -0.510. The van der Waals surface area contributed by atoms with Crippen molar-refractivity contribution in [3.8, 4) is 0 Å². The Morgan fingerprint density at radius 1 is 1.11 bits per heavy atom. The molecule has 4 heteroatoms. The summed E-state index contributed by atoms with van der Waals surface area (Å²) < 4.78 is 39.3. The first-order valence-electron chi connectivity index (χ1n) is 6.28. The lowest BCUT2D eigenvalue weighted by atomic mass is 9.81. The second-order valence-corrected chi connectivity index (χ2v) is 5.45. The topological polar surface area (TPSA) is 0 Å². The Bertz CT molecular complexity index is 406. The maximum absolute atomic E-state index is 13.1. The van der Waals surface area contributed by atoms with Crippen LogP contribution < -0.4 is 0 Å². The van der Waals surface area contributed by atoms with E-state index >= 15 is 0 Å². The molecule has 1 saturated carbocycles. The second kappa shape index (κ2) is 5.64. The minimum Gasteiger partial charge on any atom is -0.166 e. The summed E-state index contributed by atoms with van der Waals surface area (Å²) in [6.07, 6.45) is 0.764. The maximum Gasteiger partial charge on any atom is 0.416 e. The van der Waals surface area contributed by atoms with Crippen molar-refractivity contribution < 1.29 is 13.2 Å². The van der Waals surface area contributed by atoms with Crippen molar-refractivity contribution in [2.75, 3.05) is 0 Å². The lowest BCUT2D eigenvalue weighted by molar-refractivity contribution is -0.138. The van der Waals surface area contributed by atoms with Crippen LogP contribution in [-0.2, 0) is 11.5 Å². The third-order valence-electron chi connectivity index (χ3n) is 3.62. The van der Waals surface area contributed by atoms with Gasteiger partial charge in [-0.3, -0.25) is 0 Å². The Labute approximate surface area is 114 Å². The van der Waals surface area contributed by atoms with E-state index in [9.17, 15) is 13.2 Å². The molecule has 1 aliphatic rings. The molecule has 0 N–H and O–H groups in total. The van der Waals surface area contributed by atoms with E-state index in [2.05, 4.69) is 15.9 Å². The number of rotatable bonds is 2. The Kier molecular flexibility index (Phi) is 4.36. The number of alkyl halides is 4. The van der Waals surface area contributed by atoms with Crippen LogP contribution in [0.3, 0.4) is 0 Å². The molecule has 0 heterocycles. The molecule has 18 heavy (non-hydrogen) atoms. The maximum atomic E-state index is 13.1. The molecule has 1 aliphatic carbocycles. The fourth-order valence-corrected chi connectivity index (χ4v) is 3.05. The number of benzene rings is 1. The van der Waals surface area contributed by atoms with Gasteiger partial charge in [0.2, 0.25) is 0 Å². The molecular weight excluding hydrogens is 305 g/mol. The fourth-order valence-electron chi connectivity index (χ4n) is 2.70. The Morgan fingerprint density at radius 3 is 2.33 bits per heavy atom. The third-order valence-corrected chi connectivity index (χ3v) is 4.27. The molecule has 1 aromatic carbocycles. The summed E-state index contributed by atoms with van der Waals surface area (Å²) >= 11 is 3.21. The van der Waals surface area contributed by atoms with Crippen LogP contribution in [0.1, 0.15) is 54.7 Å². The number of halogens is 4. The van der Waals surface area contributed by atoms with Gasteiger partial charge in [0, 0.05) is 5.33 Å². The lowest BCUT2D eigenvalue weighted by Gasteiger charge is -2.25. The largest absolute Gasteiger partial charge is 0.416 e. The highest BCUT2D eigenvalue weighted by atomic mass is 79.9. The first-order valence-corrected chi connectivity index (χ1v) is 7.40. The molecular formula is C14H16BrF3. The first-order chi connectivity index (χ1) is 8.52. The average molecular weight is 321 g/mol. The van der Waals surface area contributed by atoms with Gasteiger partial charge in [0.1, 0.15) is 0 Å². The zero-order valence-electron chi connectivity index (χ0n) is 10.1. The minimum atomic E-state index is -4.25. The predicted octanol–water partition coefficient (Wildman–Crippen LogP) is 5.65. The van der Waals surface area contributed by atoms with Crippen molar-refractivity contribution >= 4 is 15.9 Å². The highest BCUT2D eigenvalue weighted by Crippen LogP contribution is 2.41. The summed E-state index contributed by atoms with van der Waals surface area (Å²) in [6, 6.07) is 4.77. The van der Waals surface area contributed by atoms with Crippen LogP contribution in [0.5, 0.6) is 0 Å². The van der Waals surface area contributed by atoms with Gasteiger partial charge in [-0.2, -0.15) is 13.2 Å². The minimum absolute atomic E-state index is 0.0831. The van der Waals surface area contributed by atoms with Crippen LogP contribution in [0.15, 0.2) is 18.2 Å². The normalized spacial score (nSPS) is 18.0. The van der Waals surface area contributed by atoms with E-state index < -0.39 is 11.7 Å². The van der Waals surface area contributed by atoms with Crippen LogP contribution in [0, 0.1) is 0 Å². The smallest absolute Gasteiger partial charge is 0.166 e. The monoisotopic (exact) mass is 320 g/mol. The Balaban J connectivity index is 2.38. The second-order valence-electron chi connectivity index (χ2n) is 4.89. The van der Waals surface area contributed by atoms with Gasteiger partial charge in [-0.15, -0.1) is 0 Å². The van der Waals surface area contributed by atoms with Gasteiger partial charge in [0.15, 0.2) is 0 Å². The van der Waals surface area contributed by atoms with Gasteiger partial charge in [-0.05, 0) is 36.0 Å². The van der Waals surface area contributed by atoms with Gasteiger partial charge in [-0.1, -0.05) is 47.3 Å². The molecule has 0 radical (unpaired) electrons. The highest BCUT2D eigenvalue weighted by Gasteiger charge is 2.35. The van der Waals surface area contributed by atoms with Crippen molar-refractivity contribution in [3.63, 3.8) is 0 Å². The summed E-state index contributed by atoms with van der Waals surface area (Å²) in [7, 11) is 0. The summed E-state index contributed by atoms with van der Waals surface area (Å²) in [5, 5.41) is 0.459. The molecule has 0 atom stereocenters. The van der Waals surface area contributed by atoms with Crippen molar-refractivity contribution in [1.82, 2.24) is 0 Å². The van der Waals surface area contributed by atoms with Gasteiger partial charge in [0.25, 0.3) is 0 Å². The standard InChI is InChI=1S/C14H16BrF3/c15-9-10-6-7-12(11-4-2-1-3-5-11)13(8-10)14(16,17)18/h6-8,11H,1-5,9H2. The van der Waals surface area contributed by atoms with Crippen LogP contribution in [0.4, 0.5) is 13.2 Å². The summed E-state index contributed by atoms with van der Waals surface area (Å²) in [5.74, 6) is 0.0831. The average Bonchev–Trinajstić information content (AvgIpc) is 2.38. The van der Waals surface area contributed by atoms with Gasteiger partial charge < -0.3 is 0 Å². The highest BCUT2D eigenvalue weighted by molar-refractivity contribution is 9.08. The predicted molar refractivity (Wildman–Crippen MR) is 69.9 cm³/mol. The van der Waals surface area contributed by atoms with E-state index in [1.54, 1.807) is 12.1 Å². The lowest BCUT2D eigenvalue weighted by Crippen LogP contribution is -2.14. The molecule has 100 valence electrons. The molecule has 0 spiro atoms. The fraction of sp³-hybridized carbons (Fsp3) is 0.571. The van der Waals surface area contributed by atoms with Gasteiger partial charge in [-0.25, -0.2) is 0 Å². The summed E-state index contributed by atoms with van der Waals surface area (Å²) in [4.78, 5) is 0. The van der Waals surface area contributed by atoms with Crippen molar-refractivity contribution in [1.29, 1.82) is 0 Å². The SMILES string of the molecule is FC(F)(F)c1cc(CBr)ccc1C1CCCCC1. The van der Waals surface area contributed by atoms with Crippen molar-refractivity contribution in [3.05, 3.63) is 34.9 Å². The van der Waals surface area contributed by atoms with Crippen LogP contribution in [0.25, 0.3) is 0 Å². The molecule has 0 saturated heterocycles. The zero-order valence-corrected chi connectivity index (χ0v) is 11.6. The molecule has 1 aromatic rings. The molecule has 0 aromatic heterocycles. The van der Waals surface area contributed by atoms with Crippen molar-refractivity contribution in [2.45, 2.75) is 49.5 Å². The number of hydrogen-bond donors (Lipinski definition) is 0. The van der Waals surface area contributed by atoms with E-state index in [-0.39, 0.29) is 5.92 Å². The van der Waals surface area contributed by atoms with E-state index in [0.717, 1.165) is 32.1 Å². The first kappa shape index (κ1) is 13.9. The molecule has 0 nitrogen and oxygen atoms in total. The van der Waals surface area contributed by atoms with Crippen LogP contribution in [-0.4, -0.2) is 0 Å². The van der Waals surface area contributed by atoms with Gasteiger partial charge in [0.05, 0.1) is 5.56 Å². The Morgan fingerprint density at radius 2 is 1.78 bits per heavy atom. The van der Waals surface area contributed by atoms with E-state index in [4.69, 9.17) is 0 Å². The summed E-state index contributed by atoms with van der Waals surface area (Å²) in [5.41, 5.74) is 0.736. The quantitative estimate of drug-likeness (QED) is 0.618. The third kappa shape index (κ3) is 3.08. The zero-order chi connectivity index (χ0) is 13.2. The van der Waals surface area contributed by atoms with E-state index in [0.29, 0.717) is 16.5 Å². The van der Waals surface area contributed by atoms with Crippen LogP contribution >= 0.6 is 15.9 Å². The van der Waals surface area contributed by atoms with E-state index in [1.165, 1.54) is 6.07 Å². The summed E-state index contributed by atoms with van der Waals surface area (Å²) in [6.45, 7) is 0. The van der Waals surface area contributed by atoms with Crippen molar-refractivity contribution in [2.24, 2.45) is 0 Å². The van der Waals surface area contributed by atoms with Crippen LogP contribution in [0.2, 0.25) is 0 Å². The van der Waals surface area contributed by atoms with Gasteiger partial charge >= 0.3 is 6.18 Å². The molecule has 0 unspecified atom stereocenters.